The zero-order valence-corrected chi connectivity index (χ0v) is 21.9. The first-order valence-corrected chi connectivity index (χ1v) is 12.7. The minimum atomic E-state index is -1.14. The Morgan fingerprint density at radius 3 is 2.54 bits per heavy atom. The molecule has 0 fully saturated rings. The van der Waals surface area contributed by atoms with Gasteiger partial charge in [0.1, 0.15) is 22.7 Å². The fourth-order valence-electron chi connectivity index (χ4n) is 5.03. The molecule has 0 spiro atoms. The lowest BCUT2D eigenvalue weighted by molar-refractivity contribution is 0.0684. The van der Waals surface area contributed by atoms with Gasteiger partial charge in [0.15, 0.2) is 5.65 Å². The maximum absolute atomic E-state index is 12.5. The van der Waals surface area contributed by atoms with Crippen molar-refractivity contribution in [3.63, 3.8) is 0 Å². The van der Waals surface area contributed by atoms with Gasteiger partial charge in [0, 0.05) is 23.6 Å². The van der Waals surface area contributed by atoms with Crippen LogP contribution in [-0.4, -0.2) is 48.8 Å². The number of methoxy groups -OCH3 is 1. The molecule has 5 rings (SSSR count). The topological polar surface area (TPSA) is 127 Å². The van der Waals surface area contributed by atoms with Crippen molar-refractivity contribution >= 4 is 34.0 Å². The van der Waals surface area contributed by atoms with Gasteiger partial charge >= 0.3 is 11.9 Å². The van der Waals surface area contributed by atoms with Crippen LogP contribution in [0.5, 0.6) is 5.75 Å². The van der Waals surface area contributed by atoms with E-state index in [1.165, 1.54) is 13.2 Å². The summed E-state index contributed by atoms with van der Waals surface area (Å²) in [4.78, 5) is 38.4. The molecule has 0 radical (unpaired) electrons. The molecule has 5 aromatic rings. The number of hydrogen-bond acceptors (Lipinski definition) is 6. The first kappa shape index (κ1) is 25.8. The number of rotatable bonds is 9. The molecule has 0 bridgehead atoms. The van der Waals surface area contributed by atoms with Crippen molar-refractivity contribution in [2.45, 2.75) is 39.7 Å². The number of unbranched alkanes of at least 4 members (excludes halogenated alkanes) is 1. The molecular formula is C30H28N4O5. The van der Waals surface area contributed by atoms with Gasteiger partial charge in [-0.25, -0.2) is 24.5 Å². The van der Waals surface area contributed by atoms with Crippen molar-refractivity contribution in [2.24, 2.45) is 0 Å². The van der Waals surface area contributed by atoms with Crippen molar-refractivity contribution in [3.05, 3.63) is 82.8 Å². The van der Waals surface area contributed by atoms with E-state index < -0.39 is 11.9 Å². The minimum Gasteiger partial charge on any atom is -0.495 e. The van der Waals surface area contributed by atoms with E-state index >= 15 is 0 Å². The lowest BCUT2D eigenvalue weighted by atomic mass is 9.95. The fraction of sp³-hybridized carbons (Fsp3) is 0.233. The second-order valence-electron chi connectivity index (χ2n) is 9.37. The number of aryl methyl sites for hydroxylation is 1. The van der Waals surface area contributed by atoms with E-state index in [2.05, 4.69) is 16.5 Å². The summed E-state index contributed by atoms with van der Waals surface area (Å²) < 4.78 is 7.52. The Morgan fingerprint density at radius 1 is 1.00 bits per heavy atom. The van der Waals surface area contributed by atoms with E-state index in [0.29, 0.717) is 34.3 Å². The first-order chi connectivity index (χ1) is 18.8. The van der Waals surface area contributed by atoms with Crippen LogP contribution >= 0.6 is 0 Å². The summed E-state index contributed by atoms with van der Waals surface area (Å²) in [6.45, 7) is 4.30. The maximum atomic E-state index is 12.5. The minimum absolute atomic E-state index is 0.0245. The van der Waals surface area contributed by atoms with E-state index in [1.807, 2.05) is 24.3 Å². The molecule has 0 unspecified atom stereocenters. The molecule has 3 aromatic heterocycles. The van der Waals surface area contributed by atoms with Crippen LogP contribution in [-0.2, 0) is 13.0 Å². The standard InChI is InChI=1S/C30H28N4O5/c1-4-5-11-24-32-23-10-7-14-31-28(23)34(24)16-18-12-13-22-21(15-18)25(30(37)38)17(2)26(33-22)19-8-6-9-20(29(35)36)27(19)39-3/h6-10,12-15H,4-5,11,16H2,1-3H3,(H,35,36)(H,37,38). The summed E-state index contributed by atoms with van der Waals surface area (Å²) in [6, 6.07) is 14.1. The second-order valence-corrected chi connectivity index (χ2v) is 9.37. The van der Waals surface area contributed by atoms with E-state index in [4.69, 9.17) is 14.7 Å². The van der Waals surface area contributed by atoms with Gasteiger partial charge in [0.05, 0.1) is 30.4 Å². The predicted molar refractivity (Wildman–Crippen MR) is 148 cm³/mol. The Bertz CT molecular complexity index is 1740. The predicted octanol–water partition coefficient (Wildman–Crippen LogP) is 5.75. The molecule has 198 valence electrons. The molecule has 3 heterocycles. The van der Waals surface area contributed by atoms with Gasteiger partial charge in [-0.15, -0.1) is 0 Å². The van der Waals surface area contributed by atoms with Crippen LogP contribution in [0.4, 0.5) is 0 Å². The third kappa shape index (κ3) is 4.67. The van der Waals surface area contributed by atoms with Crippen LogP contribution in [0.15, 0.2) is 54.7 Å². The smallest absolute Gasteiger partial charge is 0.339 e. The number of aromatic carboxylic acids is 2. The summed E-state index contributed by atoms with van der Waals surface area (Å²) in [5.74, 6) is -1.16. The van der Waals surface area contributed by atoms with Crippen LogP contribution in [0.3, 0.4) is 0 Å². The molecule has 0 aliphatic rings. The molecule has 9 nitrogen and oxygen atoms in total. The molecule has 0 aliphatic carbocycles. The van der Waals surface area contributed by atoms with E-state index in [-0.39, 0.29) is 16.9 Å². The number of carbonyl (C=O) groups is 2. The van der Waals surface area contributed by atoms with Crippen LogP contribution in [0.2, 0.25) is 0 Å². The van der Waals surface area contributed by atoms with Gasteiger partial charge in [0.25, 0.3) is 0 Å². The largest absolute Gasteiger partial charge is 0.495 e. The number of aromatic nitrogens is 4. The van der Waals surface area contributed by atoms with Crippen LogP contribution in [0, 0.1) is 6.92 Å². The van der Waals surface area contributed by atoms with Crippen molar-refractivity contribution in [2.75, 3.05) is 7.11 Å². The zero-order valence-electron chi connectivity index (χ0n) is 21.9. The highest BCUT2D eigenvalue weighted by Crippen LogP contribution is 2.37. The van der Waals surface area contributed by atoms with Gasteiger partial charge in [-0.05, 0) is 60.9 Å². The van der Waals surface area contributed by atoms with Gasteiger partial charge in [-0.2, -0.15) is 0 Å². The molecule has 0 amide bonds. The Kier molecular flexibility index (Phi) is 6.98. The number of pyridine rings is 2. The average molecular weight is 525 g/mol. The Morgan fingerprint density at radius 2 is 1.82 bits per heavy atom. The van der Waals surface area contributed by atoms with Gasteiger partial charge in [0.2, 0.25) is 0 Å². The molecule has 0 saturated carbocycles. The Hall–Kier alpha value is -4.79. The van der Waals surface area contributed by atoms with Gasteiger partial charge in [-0.3, -0.25) is 0 Å². The first-order valence-electron chi connectivity index (χ1n) is 12.7. The molecule has 0 atom stereocenters. The van der Waals surface area contributed by atoms with E-state index in [9.17, 15) is 19.8 Å². The number of carboxylic acid groups (broad SMARTS) is 2. The quantitative estimate of drug-likeness (QED) is 0.249. The highest BCUT2D eigenvalue weighted by atomic mass is 16.5. The second kappa shape index (κ2) is 10.5. The number of benzene rings is 2. The monoisotopic (exact) mass is 524 g/mol. The Balaban J connectivity index is 1.66. The molecule has 0 aliphatic heterocycles. The number of hydrogen-bond donors (Lipinski definition) is 2. The number of carboxylic acids is 2. The third-order valence-corrected chi connectivity index (χ3v) is 6.89. The summed E-state index contributed by atoms with van der Waals surface area (Å²) in [5, 5.41) is 20.4. The van der Waals surface area contributed by atoms with Crippen molar-refractivity contribution in [1.29, 1.82) is 0 Å². The molecule has 39 heavy (non-hydrogen) atoms. The van der Waals surface area contributed by atoms with Crippen LogP contribution < -0.4 is 4.74 Å². The SMILES string of the molecule is CCCCc1nc2cccnc2n1Cc1ccc2nc(-c3cccc(C(=O)O)c3OC)c(C)c(C(=O)O)c2c1. The number of imidazole rings is 1. The van der Waals surface area contributed by atoms with Crippen LogP contribution in [0.25, 0.3) is 33.3 Å². The van der Waals surface area contributed by atoms with Crippen molar-refractivity contribution < 1.29 is 24.5 Å². The number of ether oxygens (including phenoxy) is 1. The molecule has 0 saturated heterocycles. The summed E-state index contributed by atoms with van der Waals surface area (Å²) in [6.07, 6.45) is 4.61. The third-order valence-electron chi connectivity index (χ3n) is 6.89. The molecule has 2 N–H and O–H groups in total. The lowest BCUT2D eigenvalue weighted by Crippen LogP contribution is -2.09. The number of fused-ring (bicyclic) bond motifs is 2. The summed E-state index contributed by atoms with van der Waals surface area (Å²) in [5.41, 5.74) is 4.28. The zero-order chi connectivity index (χ0) is 27.7. The fourth-order valence-corrected chi connectivity index (χ4v) is 5.03. The highest BCUT2D eigenvalue weighted by Gasteiger charge is 2.23. The number of para-hydroxylation sites is 1. The lowest BCUT2D eigenvalue weighted by Gasteiger charge is -2.16. The Labute approximate surface area is 224 Å². The molecule has 2 aromatic carbocycles. The summed E-state index contributed by atoms with van der Waals surface area (Å²) in [7, 11) is 1.38. The van der Waals surface area contributed by atoms with Gasteiger partial charge in [-0.1, -0.05) is 25.5 Å². The maximum Gasteiger partial charge on any atom is 0.339 e. The van der Waals surface area contributed by atoms with Crippen LogP contribution in [0.1, 0.15) is 57.4 Å². The van der Waals surface area contributed by atoms with E-state index in [1.54, 1.807) is 31.3 Å². The van der Waals surface area contributed by atoms with Crippen molar-refractivity contribution in [3.8, 4) is 17.0 Å². The van der Waals surface area contributed by atoms with Gasteiger partial charge < -0.3 is 19.5 Å². The summed E-state index contributed by atoms with van der Waals surface area (Å²) >= 11 is 0. The number of nitrogens with zero attached hydrogens (tertiary/aromatic N) is 4. The highest BCUT2D eigenvalue weighted by molar-refractivity contribution is 6.06. The normalized spacial score (nSPS) is 11.3. The molecular weight excluding hydrogens is 496 g/mol. The molecule has 9 heteroatoms. The van der Waals surface area contributed by atoms with E-state index in [0.717, 1.165) is 41.8 Å². The van der Waals surface area contributed by atoms with Crippen molar-refractivity contribution in [1.82, 2.24) is 19.5 Å². The average Bonchev–Trinajstić information content (AvgIpc) is 3.27.